The van der Waals surface area contributed by atoms with Crippen molar-refractivity contribution in [3.63, 3.8) is 0 Å². The van der Waals surface area contributed by atoms with Crippen LogP contribution in [0.1, 0.15) is 43.6 Å². The van der Waals surface area contributed by atoms with Gasteiger partial charge < -0.3 is 9.63 Å². The molecule has 2 aliphatic rings. The van der Waals surface area contributed by atoms with Gasteiger partial charge in [0.2, 0.25) is 11.7 Å². The number of likely N-dealkylation sites (tertiary alicyclic amines) is 1. The third kappa shape index (κ3) is 3.19. The number of aliphatic hydroxyl groups is 1. The van der Waals surface area contributed by atoms with Gasteiger partial charge in [0.1, 0.15) is 0 Å². The molecule has 0 bridgehead atoms. The number of aromatic nitrogens is 2. The molecule has 1 saturated heterocycles. The molecular formula is C22H25N3O2S. The van der Waals surface area contributed by atoms with E-state index in [0.29, 0.717) is 24.3 Å². The highest BCUT2D eigenvalue weighted by Crippen LogP contribution is 2.47. The molecule has 1 aliphatic carbocycles. The van der Waals surface area contributed by atoms with Crippen molar-refractivity contribution in [2.75, 3.05) is 6.54 Å². The summed E-state index contributed by atoms with van der Waals surface area (Å²) in [6, 6.07) is 14.6. The fraction of sp³-hybridized carbons (Fsp3) is 0.455. The van der Waals surface area contributed by atoms with Crippen molar-refractivity contribution in [1.29, 1.82) is 0 Å². The number of hydrogen-bond donors (Lipinski definition) is 1. The number of thiophene rings is 1. The second-order valence-electron chi connectivity index (χ2n) is 7.96. The summed E-state index contributed by atoms with van der Waals surface area (Å²) < 4.78 is 5.55. The van der Waals surface area contributed by atoms with Crippen LogP contribution in [0.15, 0.2) is 52.4 Å². The zero-order valence-corrected chi connectivity index (χ0v) is 16.6. The number of benzene rings is 1. The summed E-state index contributed by atoms with van der Waals surface area (Å²) in [5.41, 5.74) is 0.323. The highest BCUT2D eigenvalue weighted by molar-refractivity contribution is 7.13. The van der Waals surface area contributed by atoms with Gasteiger partial charge in [0.05, 0.1) is 17.0 Å². The highest BCUT2D eigenvalue weighted by Gasteiger charge is 2.49. The lowest BCUT2D eigenvalue weighted by Gasteiger charge is -2.52. The first-order valence-corrected chi connectivity index (χ1v) is 11.0. The summed E-state index contributed by atoms with van der Waals surface area (Å²) in [5, 5.41) is 17.8. The van der Waals surface area contributed by atoms with Crippen LogP contribution >= 0.6 is 11.3 Å². The molecule has 1 aromatic carbocycles. The van der Waals surface area contributed by atoms with E-state index in [2.05, 4.69) is 27.2 Å². The van der Waals surface area contributed by atoms with E-state index in [4.69, 9.17) is 4.52 Å². The van der Waals surface area contributed by atoms with Crippen LogP contribution in [-0.4, -0.2) is 32.7 Å². The van der Waals surface area contributed by atoms with E-state index >= 15 is 0 Å². The molecule has 146 valence electrons. The topological polar surface area (TPSA) is 62.4 Å². The van der Waals surface area contributed by atoms with Gasteiger partial charge in [-0.05, 0) is 36.3 Å². The zero-order valence-electron chi connectivity index (χ0n) is 15.8. The minimum Gasteiger partial charge on any atom is -0.385 e. The molecule has 0 unspecified atom stereocenters. The van der Waals surface area contributed by atoms with Crippen molar-refractivity contribution in [2.45, 2.75) is 50.3 Å². The Morgan fingerprint density at radius 2 is 2.00 bits per heavy atom. The minimum atomic E-state index is -0.736. The summed E-state index contributed by atoms with van der Waals surface area (Å²) >= 11 is 1.62. The molecule has 0 amide bonds. The Labute approximate surface area is 169 Å². The maximum atomic E-state index is 11.7. The first-order valence-electron chi connectivity index (χ1n) is 10.1. The fourth-order valence-electron chi connectivity index (χ4n) is 5.05. The lowest BCUT2D eigenvalue weighted by atomic mass is 9.66. The van der Waals surface area contributed by atoms with Crippen molar-refractivity contribution >= 4 is 11.3 Å². The zero-order chi connectivity index (χ0) is 19.0. The smallest absolute Gasteiger partial charge is 0.241 e. The van der Waals surface area contributed by atoms with Crippen molar-refractivity contribution in [3.8, 4) is 10.7 Å². The largest absolute Gasteiger partial charge is 0.385 e. The quantitative estimate of drug-likeness (QED) is 0.707. The number of fused-ring (bicyclic) bond motifs is 1. The number of hydrogen-bond acceptors (Lipinski definition) is 6. The Morgan fingerprint density at radius 3 is 2.82 bits per heavy atom. The normalized spacial score (nSPS) is 28.2. The molecule has 2 aromatic heterocycles. The molecule has 0 spiro atoms. The lowest BCUT2D eigenvalue weighted by Crippen LogP contribution is -2.57. The van der Waals surface area contributed by atoms with Gasteiger partial charge in [0.25, 0.3) is 0 Å². The van der Waals surface area contributed by atoms with Crippen LogP contribution in [0.2, 0.25) is 0 Å². The van der Waals surface area contributed by atoms with Gasteiger partial charge >= 0.3 is 0 Å². The van der Waals surface area contributed by atoms with Gasteiger partial charge in [-0.25, -0.2) is 0 Å². The van der Waals surface area contributed by atoms with Gasteiger partial charge in [-0.15, -0.1) is 11.3 Å². The molecule has 0 radical (unpaired) electrons. The highest BCUT2D eigenvalue weighted by atomic mass is 32.1. The molecule has 3 heterocycles. The van der Waals surface area contributed by atoms with Gasteiger partial charge in [0, 0.05) is 18.5 Å². The molecule has 1 saturated carbocycles. The van der Waals surface area contributed by atoms with E-state index in [9.17, 15) is 5.11 Å². The fourth-order valence-corrected chi connectivity index (χ4v) is 5.70. The Balaban J connectivity index is 1.37. The molecule has 5 nitrogen and oxygen atoms in total. The first-order chi connectivity index (χ1) is 13.7. The van der Waals surface area contributed by atoms with E-state index in [1.807, 2.05) is 35.7 Å². The van der Waals surface area contributed by atoms with Crippen LogP contribution in [0.25, 0.3) is 10.7 Å². The number of piperidine rings is 1. The third-order valence-electron chi connectivity index (χ3n) is 6.41. The molecule has 3 aromatic rings. The van der Waals surface area contributed by atoms with Crippen LogP contribution in [0.5, 0.6) is 0 Å². The summed E-state index contributed by atoms with van der Waals surface area (Å²) in [4.78, 5) is 8.09. The Hall–Kier alpha value is -2.02. The summed E-state index contributed by atoms with van der Waals surface area (Å²) in [7, 11) is 0. The van der Waals surface area contributed by atoms with Crippen molar-refractivity contribution in [2.24, 2.45) is 5.92 Å². The minimum absolute atomic E-state index is 0.247. The van der Waals surface area contributed by atoms with E-state index in [1.54, 1.807) is 11.3 Å². The van der Waals surface area contributed by atoms with Gasteiger partial charge in [-0.2, -0.15) is 4.98 Å². The molecule has 2 fully saturated rings. The van der Waals surface area contributed by atoms with Crippen molar-refractivity contribution in [1.82, 2.24) is 15.0 Å². The van der Waals surface area contributed by atoms with Crippen LogP contribution in [0, 0.1) is 5.92 Å². The van der Waals surface area contributed by atoms with Gasteiger partial charge in [-0.1, -0.05) is 54.4 Å². The molecular weight excluding hydrogens is 370 g/mol. The van der Waals surface area contributed by atoms with Crippen LogP contribution in [-0.2, 0) is 12.1 Å². The van der Waals surface area contributed by atoms with Crippen LogP contribution < -0.4 is 0 Å². The third-order valence-corrected chi connectivity index (χ3v) is 7.28. The van der Waals surface area contributed by atoms with E-state index in [-0.39, 0.29) is 5.92 Å². The standard InChI is InChI=1S/C22H25N3O2S/c26-22(16-7-2-1-3-8-16)12-13-25(18-10-5-4-9-17(18)22)15-20-23-21(24-27-20)19-11-6-14-28-19/h1-3,6-8,11,14,17-18,26H,4-5,9-10,12-13,15H2/t17-,18-,22+/m0/s1. The summed E-state index contributed by atoms with van der Waals surface area (Å²) in [5.74, 6) is 1.58. The Morgan fingerprint density at radius 1 is 1.14 bits per heavy atom. The second-order valence-corrected chi connectivity index (χ2v) is 8.91. The second kappa shape index (κ2) is 7.43. The predicted molar refractivity (Wildman–Crippen MR) is 109 cm³/mol. The number of nitrogens with zero attached hydrogens (tertiary/aromatic N) is 3. The van der Waals surface area contributed by atoms with Crippen LogP contribution in [0.4, 0.5) is 0 Å². The summed E-state index contributed by atoms with van der Waals surface area (Å²) in [6.07, 6.45) is 5.33. The molecule has 6 heteroatoms. The SMILES string of the molecule is O[C@@]1(c2ccccc2)CCN(Cc2nc(-c3cccs3)no2)[C@H]2CCCC[C@@H]21. The Bertz CT molecular complexity index is 911. The maximum absolute atomic E-state index is 11.7. The summed E-state index contributed by atoms with van der Waals surface area (Å²) in [6.45, 7) is 1.49. The monoisotopic (exact) mass is 395 g/mol. The molecule has 5 rings (SSSR count). The number of rotatable bonds is 4. The molecule has 1 N–H and O–H groups in total. The van der Waals surface area contributed by atoms with Crippen molar-refractivity contribution < 1.29 is 9.63 Å². The Kier molecular flexibility index (Phi) is 4.78. The first kappa shape index (κ1) is 18.0. The molecule has 28 heavy (non-hydrogen) atoms. The predicted octanol–water partition coefficient (Wildman–Crippen LogP) is 4.45. The van der Waals surface area contributed by atoms with Crippen molar-refractivity contribution in [3.05, 3.63) is 59.3 Å². The molecule has 1 aliphatic heterocycles. The van der Waals surface area contributed by atoms with Gasteiger partial charge in [0.15, 0.2) is 0 Å². The molecule has 3 atom stereocenters. The van der Waals surface area contributed by atoms with E-state index < -0.39 is 5.60 Å². The van der Waals surface area contributed by atoms with Gasteiger partial charge in [-0.3, -0.25) is 4.90 Å². The lowest BCUT2D eigenvalue weighted by molar-refractivity contribution is -0.124. The average Bonchev–Trinajstić information content (AvgIpc) is 3.43. The van der Waals surface area contributed by atoms with E-state index in [1.165, 1.54) is 12.8 Å². The van der Waals surface area contributed by atoms with Crippen LogP contribution in [0.3, 0.4) is 0 Å². The maximum Gasteiger partial charge on any atom is 0.241 e. The average molecular weight is 396 g/mol. The van der Waals surface area contributed by atoms with E-state index in [0.717, 1.165) is 36.2 Å².